The minimum absolute atomic E-state index is 0.0289. The van der Waals surface area contributed by atoms with Crippen molar-refractivity contribution in [2.75, 3.05) is 19.7 Å². The molecule has 2 aliphatic heterocycles. The van der Waals surface area contributed by atoms with Crippen LogP contribution in [-0.4, -0.2) is 60.8 Å². The molecule has 1 fully saturated rings. The Hall–Kier alpha value is -2.10. The third-order valence-corrected chi connectivity index (χ3v) is 4.41. The van der Waals surface area contributed by atoms with E-state index in [0.717, 1.165) is 25.9 Å². The second kappa shape index (κ2) is 7.86. The van der Waals surface area contributed by atoms with Crippen molar-refractivity contribution in [2.45, 2.75) is 31.3 Å². The number of benzene rings is 1. The molecule has 0 radical (unpaired) electrons. The van der Waals surface area contributed by atoms with Crippen molar-refractivity contribution >= 4 is 18.9 Å². The molecule has 1 aromatic carbocycles. The van der Waals surface area contributed by atoms with Gasteiger partial charge < -0.3 is 30.6 Å². The van der Waals surface area contributed by atoms with Gasteiger partial charge in [0.25, 0.3) is 0 Å². The predicted molar refractivity (Wildman–Crippen MR) is 93.0 cm³/mol. The number of hydrogen-bond donors (Lipinski definition) is 4. The number of aliphatic imine (C=N–C) groups is 1. The molecule has 0 amide bonds. The first-order valence-corrected chi connectivity index (χ1v) is 8.39. The normalized spacial score (nSPS) is 21.6. The number of carbonyl (C=O) groups is 1. The van der Waals surface area contributed by atoms with Gasteiger partial charge in [0.2, 0.25) is 0 Å². The molecule has 1 atom stereocenters. The molecule has 3 rings (SSSR count). The van der Waals surface area contributed by atoms with Crippen LogP contribution in [0.1, 0.15) is 28.8 Å². The molecule has 9 heteroatoms. The number of nitrogens with zero attached hydrogens (tertiary/aromatic N) is 1. The van der Waals surface area contributed by atoms with Gasteiger partial charge in [-0.15, -0.1) is 0 Å². The fourth-order valence-electron chi connectivity index (χ4n) is 3.10. The Morgan fingerprint density at radius 1 is 1.44 bits per heavy atom. The average molecular weight is 347 g/mol. The number of amidine groups is 1. The van der Waals surface area contributed by atoms with Crippen molar-refractivity contribution in [1.29, 1.82) is 0 Å². The molecule has 1 saturated heterocycles. The van der Waals surface area contributed by atoms with E-state index in [1.54, 1.807) is 12.1 Å². The number of nitrogens with one attached hydrogen (secondary N) is 1. The Bertz CT molecular complexity index is 663. The van der Waals surface area contributed by atoms with Gasteiger partial charge in [-0.1, -0.05) is 12.1 Å². The molecule has 8 nitrogen and oxygen atoms in total. The lowest BCUT2D eigenvalue weighted by Crippen LogP contribution is -2.43. The van der Waals surface area contributed by atoms with Crippen LogP contribution in [0.2, 0.25) is 0 Å². The average Bonchev–Trinajstić information content (AvgIpc) is 2.61. The molecule has 0 aliphatic carbocycles. The summed E-state index contributed by atoms with van der Waals surface area (Å²) in [5.41, 5.74) is 6.65. The van der Waals surface area contributed by atoms with Gasteiger partial charge in [0.15, 0.2) is 0 Å². The largest absolute Gasteiger partial charge is 0.549 e. The summed E-state index contributed by atoms with van der Waals surface area (Å²) in [6.07, 6.45) is 2.40. The van der Waals surface area contributed by atoms with E-state index in [1.807, 2.05) is 0 Å². The monoisotopic (exact) mass is 347 g/mol. The van der Waals surface area contributed by atoms with Gasteiger partial charge in [0.1, 0.15) is 24.1 Å². The fourth-order valence-corrected chi connectivity index (χ4v) is 3.10. The van der Waals surface area contributed by atoms with Gasteiger partial charge in [-0.25, -0.2) is 4.79 Å². The SMILES string of the molecule is NC(COC1CCNCC1)=NC1Cc2cccc(C(=O)O)c2OB1O. The van der Waals surface area contributed by atoms with Crippen molar-refractivity contribution < 1.29 is 24.3 Å². The second-order valence-electron chi connectivity index (χ2n) is 6.26. The summed E-state index contributed by atoms with van der Waals surface area (Å²) >= 11 is 0. The third-order valence-electron chi connectivity index (χ3n) is 4.41. The van der Waals surface area contributed by atoms with Gasteiger partial charge in [-0.2, -0.15) is 0 Å². The zero-order valence-electron chi connectivity index (χ0n) is 13.9. The molecule has 25 heavy (non-hydrogen) atoms. The van der Waals surface area contributed by atoms with Crippen LogP contribution in [0.5, 0.6) is 5.75 Å². The highest BCUT2D eigenvalue weighted by Gasteiger charge is 2.36. The van der Waals surface area contributed by atoms with Gasteiger partial charge in [-0.3, -0.25) is 4.99 Å². The predicted octanol–water partition coefficient (Wildman–Crippen LogP) is -0.166. The summed E-state index contributed by atoms with van der Waals surface area (Å²) < 4.78 is 11.1. The molecule has 1 unspecified atom stereocenters. The maximum Gasteiger partial charge on any atom is 0.549 e. The lowest BCUT2D eigenvalue weighted by atomic mass is 9.72. The molecule has 134 valence electrons. The molecule has 1 aromatic rings. The van der Waals surface area contributed by atoms with Crippen molar-refractivity contribution in [3.63, 3.8) is 0 Å². The lowest BCUT2D eigenvalue weighted by molar-refractivity contribution is 0.0575. The Morgan fingerprint density at radius 2 is 2.20 bits per heavy atom. The summed E-state index contributed by atoms with van der Waals surface area (Å²) in [6.45, 7) is 2.06. The van der Waals surface area contributed by atoms with E-state index >= 15 is 0 Å². The number of carboxylic acid groups (broad SMARTS) is 1. The molecule has 2 heterocycles. The zero-order chi connectivity index (χ0) is 17.8. The number of para-hydroxylation sites is 1. The van der Waals surface area contributed by atoms with E-state index in [9.17, 15) is 14.9 Å². The van der Waals surface area contributed by atoms with E-state index in [4.69, 9.17) is 15.1 Å². The van der Waals surface area contributed by atoms with Crippen molar-refractivity contribution in [2.24, 2.45) is 10.7 Å². The third kappa shape index (κ3) is 4.30. The van der Waals surface area contributed by atoms with E-state index in [1.165, 1.54) is 6.07 Å². The van der Waals surface area contributed by atoms with Gasteiger partial charge in [0, 0.05) is 0 Å². The quantitative estimate of drug-likeness (QED) is 0.331. The first kappa shape index (κ1) is 17.7. The van der Waals surface area contributed by atoms with Crippen molar-refractivity contribution in [3.05, 3.63) is 29.3 Å². The number of fused-ring (bicyclic) bond motifs is 1. The molecule has 0 saturated carbocycles. The molecular weight excluding hydrogens is 325 g/mol. The van der Waals surface area contributed by atoms with Crippen LogP contribution in [0.15, 0.2) is 23.2 Å². The Morgan fingerprint density at radius 3 is 2.92 bits per heavy atom. The number of piperidine rings is 1. The Balaban J connectivity index is 1.65. The summed E-state index contributed by atoms with van der Waals surface area (Å²) in [5, 5.41) is 22.6. The highest BCUT2D eigenvalue weighted by atomic mass is 16.5. The number of ether oxygens (including phenoxy) is 1. The molecule has 5 N–H and O–H groups in total. The van der Waals surface area contributed by atoms with Gasteiger partial charge in [-0.05, 0) is 44.0 Å². The number of rotatable bonds is 5. The maximum absolute atomic E-state index is 11.2. The van der Waals surface area contributed by atoms with E-state index in [2.05, 4.69) is 10.3 Å². The smallest absolute Gasteiger partial charge is 0.534 e. The van der Waals surface area contributed by atoms with Crippen LogP contribution in [0.25, 0.3) is 0 Å². The van der Waals surface area contributed by atoms with Crippen LogP contribution in [0.3, 0.4) is 0 Å². The van der Waals surface area contributed by atoms with E-state index in [-0.39, 0.29) is 24.0 Å². The zero-order valence-corrected chi connectivity index (χ0v) is 13.9. The number of aromatic carboxylic acids is 1. The first-order valence-electron chi connectivity index (χ1n) is 8.39. The minimum Gasteiger partial charge on any atom is -0.534 e. The highest BCUT2D eigenvalue weighted by Crippen LogP contribution is 2.31. The van der Waals surface area contributed by atoms with Crippen molar-refractivity contribution in [1.82, 2.24) is 5.32 Å². The summed E-state index contributed by atoms with van der Waals surface area (Å²) in [5.74, 6) is -1.20. The van der Waals surface area contributed by atoms with Crippen LogP contribution >= 0.6 is 0 Å². The summed E-state index contributed by atoms with van der Waals surface area (Å²) in [6, 6.07) is 4.85. The van der Waals surface area contributed by atoms with Crippen molar-refractivity contribution in [3.8, 4) is 5.75 Å². The minimum atomic E-state index is -1.24. The summed E-state index contributed by atoms with van der Waals surface area (Å²) in [7, 11) is -1.24. The number of carboxylic acids is 1. The number of hydrogen-bond acceptors (Lipinski definition) is 6. The van der Waals surface area contributed by atoms with Gasteiger partial charge >= 0.3 is 13.1 Å². The molecule has 2 aliphatic rings. The Labute approximate surface area is 146 Å². The lowest BCUT2D eigenvalue weighted by Gasteiger charge is -2.26. The van der Waals surface area contributed by atoms with Crippen LogP contribution < -0.4 is 15.7 Å². The fraction of sp³-hybridized carbons (Fsp3) is 0.500. The van der Waals surface area contributed by atoms with E-state index in [0.29, 0.717) is 17.8 Å². The highest BCUT2D eigenvalue weighted by molar-refractivity contribution is 6.46. The maximum atomic E-state index is 11.2. The molecular formula is C16H22BN3O5. The van der Waals surface area contributed by atoms with Crippen LogP contribution in [-0.2, 0) is 11.2 Å². The van der Waals surface area contributed by atoms with E-state index < -0.39 is 19.0 Å². The second-order valence-corrected chi connectivity index (χ2v) is 6.26. The molecule has 0 aromatic heterocycles. The van der Waals surface area contributed by atoms with Gasteiger partial charge in [0.05, 0.1) is 11.7 Å². The van der Waals surface area contributed by atoms with Crippen LogP contribution in [0.4, 0.5) is 0 Å². The Kier molecular flexibility index (Phi) is 5.57. The molecule has 0 bridgehead atoms. The first-order chi connectivity index (χ1) is 12.0. The molecule has 0 spiro atoms. The topological polar surface area (TPSA) is 126 Å². The number of nitrogens with two attached hydrogens (primary N) is 1. The standard InChI is InChI=1S/C16H22BN3O5/c18-14(9-24-11-4-6-19-7-5-11)20-13-8-10-2-1-3-12(16(21)22)15(10)25-17(13)23/h1-3,11,13,19,23H,4-9H2,(H2,18,20)(H,21,22). The summed E-state index contributed by atoms with van der Waals surface area (Å²) in [4.78, 5) is 15.6. The van der Waals surface area contributed by atoms with Crippen LogP contribution in [0, 0.1) is 0 Å².